The normalized spacial score (nSPS) is 17.8. The third-order valence-electron chi connectivity index (χ3n) is 10.5. The Morgan fingerprint density at radius 1 is 0.732 bits per heavy atom. The molecule has 0 spiro atoms. The highest BCUT2D eigenvalue weighted by atomic mass is 79.9. The fraction of sp³-hybridized carbons (Fsp3) is 0.478. The van der Waals surface area contributed by atoms with Gasteiger partial charge in [-0.25, -0.2) is 19.6 Å². The Hall–Kier alpha value is -4.32. The van der Waals surface area contributed by atoms with E-state index in [1.54, 1.807) is 69.9 Å². The average Bonchev–Trinajstić information content (AvgIpc) is 4.06. The van der Waals surface area contributed by atoms with Crippen molar-refractivity contribution in [3.8, 4) is 22.8 Å². The SMILES string of the molecule is CC(C)(C)OC(=O)N1[C@@H](c2ccc(Cl)c(-c3ncnn3C(F)F)c2)COC1(C)C.CC(C)(C)OC(=O)N1[C@@H](c2ccc(Cl)c(Br)c2)COC1(C)C.Cl.N[C@H](CO)c1ccc(Cl)c(-c2ncnn2C(F)F)c1. The first-order valence-corrected chi connectivity index (χ1v) is 23.5. The summed E-state index contributed by atoms with van der Waals surface area (Å²) in [7, 11) is 0. The van der Waals surface area contributed by atoms with E-state index in [0.29, 0.717) is 37.7 Å². The van der Waals surface area contributed by atoms with E-state index in [-0.39, 0.29) is 65.0 Å². The van der Waals surface area contributed by atoms with Gasteiger partial charge in [-0.05, 0) is 138 Å². The van der Waals surface area contributed by atoms with Crippen LogP contribution in [0.25, 0.3) is 22.8 Å². The molecular weight excluding hydrogens is 1090 g/mol. The molecule has 4 heterocycles. The number of nitrogens with two attached hydrogens (primary N) is 1. The number of aromatic nitrogens is 6. The number of rotatable bonds is 8. The van der Waals surface area contributed by atoms with Crippen LogP contribution < -0.4 is 5.73 Å². The monoisotopic (exact) mass is 1140 g/mol. The molecule has 0 unspecified atom stereocenters. The largest absolute Gasteiger partial charge is 0.444 e. The standard InChI is InChI=1S/C19H23ClF2N4O3.C16H21BrClNO3.C11H11ClF2N4O.ClH/c1-18(2,3)29-17(27)25-14(9-28-19(25,4)5)11-6-7-13(20)12(8-11)15-23-10-24-26(15)16(21)22;1-15(2,3)22-14(20)19-13(9-21-16(19,4)5)10-6-7-12(18)11(17)8-10;12-8-2-1-6(9(15)4-19)3-7(8)10-16-5-17-18(10)11(13)14;/h6-8,10,14,16H,9H2,1-5H3;6-8,13H,9H2,1-5H3;1-3,5,9,11,19H,4,15H2;1H/t14-;13-;9-;/m111./s1. The van der Waals surface area contributed by atoms with Gasteiger partial charge in [-0.1, -0.05) is 53.0 Å². The number of hydrogen-bond acceptors (Lipinski definition) is 12. The molecular formula is C46H56BrCl4F4N9O7. The lowest BCUT2D eigenvalue weighted by Gasteiger charge is -2.35. The highest BCUT2D eigenvalue weighted by Crippen LogP contribution is 2.42. The zero-order valence-corrected chi connectivity index (χ0v) is 45.0. The van der Waals surface area contributed by atoms with E-state index in [0.717, 1.165) is 22.7 Å². The summed E-state index contributed by atoms with van der Waals surface area (Å²) in [6, 6.07) is 13.9. The quantitative estimate of drug-likeness (QED) is 0.140. The van der Waals surface area contributed by atoms with Gasteiger partial charge in [0.1, 0.15) is 35.3 Å². The van der Waals surface area contributed by atoms with E-state index < -0.39 is 53.9 Å². The van der Waals surface area contributed by atoms with Crippen molar-refractivity contribution in [3.05, 3.63) is 103 Å². The van der Waals surface area contributed by atoms with Gasteiger partial charge in [0.2, 0.25) is 0 Å². The molecule has 71 heavy (non-hydrogen) atoms. The van der Waals surface area contributed by atoms with Gasteiger partial charge in [0, 0.05) is 15.6 Å². The second-order valence-corrected chi connectivity index (χ2v) is 20.9. The Morgan fingerprint density at radius 2 is 1.13 bits per heavy atom. The smallest absolute Gasteiger partial charge is 0.413 e. The minimum absolute atomic E-state index is 0. The van der Waals surface area contributed by atoms with E-state index in [4.69, 9.17) is 64.6 Å². The number of carbonyl (C=O) groups is 2. The first-order chi connectivity index (χ1) is 32.5. The second kappa shape index (κ2) is 23.7. The van der Waals surface area contributed by atoms with Gasteiger partial charge in [-0.2, -0.15) is 37.1 Å². The van der Waals surface area contributed by atoms with Gasteiger partial charge in [0.15, 0.2) is 11.6 Å². The molecule has 2 aliphatic heterocycles. The summed E-state index contributed by atoms with van der Waals surface area (Å²) in [4.78, 5) is 36.3. The van der Waals surface area contributed by atoms with Crippen molar-refractivity contribution in [3.63, 3.8) is 0 Å². The molecule has 2 amide bonds. The summed E-state index contributed by atoms with van der Waals surface area (Å²) in [5.74, 6) is -0.110. The number of ether oxygens (including phenoxy) is 4. The van der Waals surface area contributed by atoms with E-state index in [1.165, 1.54) is 17.0 Å². The van der Waals surface area contributed by atoms with Crippen molar-refractivity contribution in [2.75, 3.05) is 19.8 Å². The average molecular weight is 1140 g/mol. The number of carbonyl (C=O) groups excluding carboxylic acids is 2. The van der Waals surface area contributed by atoms with Crippen molar-refractivity contribution in [2.24, 2.45) is 5.73 Å². The van der Waals surface area contributed by atoms with Crippen molar-refractivity contribution in [1.29, 1.82) is 0 Å². The van der Waals surface area contributed by atoms with Crippen LogP contribution in [0, 0.1) is 0 Å². The number of halogens is 9. The molecule has 25 heteroatoms. The Bertz CT molecular complexity index is 2630. The third-order valence-corrected chi connectivity index (χ3v) is 12.3. The fourth-order valence-electron chi connectivity index (χ4n) is 7.27. The minimum atomic E-state index is -2.86. The summed E-state index contributed by atoms with van der Waals surface area (Å²) < 4.78 is 76.4. The topological polar surface area (TPSA) is 185 Å². The Balaban J connectivity index is 0.000000236. The van der Waals surface area contributed by atoms with Gasteiger partial charge in [-0.3, -0.25) is 9.80 Å². The van der Waals surface area contributed by atoms with Gasteiger partial charge < -0.3 is 29.8 Å². The number of benzene rings is 3. The Morgan fingerprint density at radius 3 is 1.52 bits per heavy atom. The summed E-state index contributed by atoms with van der Waals surface area (Å²) in [6.07, 6.45) is 1.15. The molecule has 0 saturated carbocycles. The molecule has 2 fully saturated rings. The maximum absolute atomic E-state index is 13.2. The van der Waals surface area contributed by atoms with Crippen LogP contribution in [0.1, 0.15) is 117 Å². The highest BCUT2D eigenvalue weighted by molar-refractivity contribution is 9.10. The van der Waals surface area contributed by atoms with Crippen LogP contribution in [-0.2, 0) is 18.9 Å². The van der Waals surface area contributed by atoms with Crippen LogP contribution in [0.4, 0.5) is 27.2 Å². The molecule has 3 aromatic carbocycles. The zero-order valence-electron chi connectivity index (χ0n) is 40.3. The van der Waals surface area contributed by atoms with Crippen LogP contribution in [0.5, 0.6) is 0 Å². The van der Waals surface area contributed by atoms with E-state index >= 15 is 0 Å². The number of alkyl halides is 4. The first-order valence-electron chi connectivity index (χ1n) is 21.5. The first kappa shape index (κ1) is 59.2. The molecule has 2 saturated heterocycles. The van der Waals surface area contributed by atoms with E-state index in [1.807, 2.05) is 46.8 Å². The fourth-order valence-corrected chi connectivity index (χ4v) is 8.19. The maximum Gasteiger partial charge on any atom is 0.413 e. The van der Waals surface area contributed by atoms with Crippen molar-refractivity contribution < 1.29 is 51.2 Å². The zero-order chi connectivity index (χ0) is 52.3. The van der Waals surface area contributed by atoms with Gasteiger partial charge >= 0.3 is 25.3 Å². The number of nitrogens with zero attached hydrogens (tertiary/aromatic N) is 8. The predicted octanol–water partition coefficient (Wildman–Crippen LogP) is 12.6. The lowest BCUT2D eigenvalue weighted by molar-refractivity contribution is -0.0637. The molecule has 7 rings (SSSR count). The lowest BCUT2D eigenvalue weighted by atomic mass is 10.0. The number of aliphatic hydroxyl groups is 1. The summed E-state index contributed by atoms with van der Waals surface area (Å²) >= 11 is 21.7. The summed E-state index contributed by atoms with van der Waals surface area (Å²) in [5.41, 5.74) is 5.58. The second-order valence-electron chi connectivity index (χ2n) is 18.8. The molecule has 2 aromatic heterocycles. The summed E-state index contributed by atoms with van der Waals surface area (Å²) in [6.45, 7) is 12.8. The van der Waals surface area contributed by atoms with Gasteiger partial charge in [-0.15, -0.1) is 12.4 Å². The molecule has 0 aliphatic carbocycles. The Labute approximate surface area is 438 Å². The van der Waals surface area contributed by atoms with Crippen LogP contribution in [0.2, 0.25) is 15.1 Å². The van der Waals surface area contributed by atoms with Crippen LogP contribution >= 0.6 is 63.1 Å². The third kappa shape index (κ3) is 14.7. The van der Waals surface area contributed by atoms with Crippen LogP contribution in [0.3, 0.4) is 0 Å². The molecule has 0 radical (unpaired) electrons. The number of aliphatic hydroxyl groups excluding tert-OH is 1. The molecule has 3 atom stereocenters. The molecule has 2 aliphatic rings. The molecule has 0 bridgehead atoms. The molecule has 16 nitrogen and oxygen atoms in total. The van der Waals surface area contributed by atoms with Gasteiger partial charge in [0.05, 0.1) is 53.0 Å². The number of hydrogen-bond donors (Lipinski definition) is 2. The van der Waals surface area contributed by atoms with E-state index in [2.05, 4.69) is 36.1 Å². The predicted molar refractivity (Wildman–Crippen MR) is 266 cm³/mol. The van der Waals surface area contributed by atoms with Crippen LogP contribution in [0.15, 0.2) is 71.7 Å². The minimum Gasteiger partial charge on any atom is -0.444 e. The highest BCUT2D eigenvalue weighted by Gasteiger charge is 2.48. The lowest BCUT2D eigenvalue weighted by Crippen LogP contribution is -2.47. The van der Waals surface area contributed by atoms with Crippen molar-refractivity contribution >= 4 is 75.3 Å². The van der Waals surface area contributed by atoms with Gasteiger partial charge in [0.25, 0.3) is 0 Å². The number of amides is 2. The van der Waals surface area contributed by atoms with E-state index in [9.17, 15) is 27.2 Å². The molecule has 5 aromatic rings. The Kier molecular flexibility index (Phi) is 19.8. The molecule has 3 N–H and O–H groups in total. The van der Waals surface area contributed by atoms with Crippen molar-refractivity contribution in [2.45, 2.75) is 123 Å². The molecule has 390 valence electrons. The van der Waals surface area contributed by atoms with Crippen molar-refractivity contribution in [1.82, 2.24) is 39.3 Å². The summed E-state index contributed by atoms with van der Waals surface area (Å²) in [5, 5.41) is 17.1. The maximum atomic E-state index is 13.2. The van der Waals surface area contributed by atoms with Crippen LogP contribution in [-0.4, -0.2) is 99.1 Å².